The third kappa shape index (κ3) is 4.55. The second-order valence-electron chi connectivity index (χ2n) is 6.53. The second-order valence-corrected chi connectivity index (χ2v) is 6.53. The molecular weight excluding hydrogens is 184 g/mol. The maximum absolute atomic E-state index is 10.2. The molecule has 0 saturated heterocycles. The van der Waals surface area contributed by atoms with Crippen molar-refractivity contribution < 1.29 is 5.11 Å². The first kappa shape index (κ1) is 13.0. The number of aliphatic hydroxyl groups is 1. The molecule has 0 aliphatic heterocycles. The smallest absolute Gasteiger partial charge is 0.0573 e. The predicted octanol–water partition coefficient (Wildman–Crippen LogP) is 4.00. The lowest BCUT2D eigenvalue weighted by atomic mass is 9.74. The number of rotatable bonds is 3. The van der Waals surface area contributed by atoms with E-state index in [1.54, 1.807) is 0 Å². The van der Waals surface area contributed by atoms with Crippen molar-refractivity contribution in [3.05, 3.63) is 0 Å². The Bertz CT molecular complexity index is 180. The standard InChI is InChI=1S/C14H28O/c1-5-11-7-6-8-12(9-11)13(15)10-14(2,3)4/h11-13,15H,5-10H2,1-4H3. The van der Waals surface area contributed by atoms with Crippen LogP contribution in [0, 0.1) is 17.3 Å². The van der Waals surface area contributed by atoms with Gasteiger partial charge in [0.25, 0.3) is 0 Å². The van der Waals surface area contributed by atoms with Crippen LogP contribution in [-0.2, 0) is 0 Å². The van der Waals surface area contributed by atoms with Crippen molar-refractivity contribution in [2.24, 2.45) is 17.3 Å². The lowest BCUT2D eigenvalue weighted by Gasteiger charge is -2.34. The third-order valence-electron chi connectivity index (χ3n) is 3.77. The van der Waals surface area contributed by atoms with Crippen LogP contribution in [0.2, 0.25) is 0 Å². The first-order valence-electron chi connectivity index (χ1n) is 6.60. The Balaban J connectivity index is 2.41. The van der Waals surface area contributed by atoms with Crippen molar-refractivity contribution in [1.29, 1.82) is 0 Å². The molecule has 1 aliphatic carbocycles. The fourth-order valence-corrected chi connectivity index (χ4v) is 2.85. The summed E-state index contributed by atoms with van der Waals surface area (Å²) in [5.41, 5.74) is 0.262. The van der Waals surface area contributed by atoms with Crippen molar-refractivity contribution >= 4 is 0 Å². The quantitative estimate of drug-likeness (QED) is 0.749. The topological polar surface area (TPSA) is 20.2 Å². The van der Waals surface area contributed by atoms with Gasteiger partial charge in [0.05, 0.1) is 6.10 Å². The molecule has 0 bridgehead atoms. The molecule has 3 atom stereocenters. The van der Waals surface area contributed by atoms with E-state index in [0.717, 1.165) is 12.3 Å². The van der Waals surface area contributed by atoms with Crippen molar-refractivity contribution in [3.8, 4) is 0 Å². The maximum Gasteiger partial charge on any atom is 0.0573 e. The van der Waals surface area contributed by atoms with Gasteiger partial charge in [0.2, 0.25) is 0 Å². The molecule has 0 radical (unpaired) electrons. The molecule has 1 heteroatoms. The number of hydrogen-bond acceptors (Lipinski definition) is 1. The minimum Gasteiger partial charge on any atom is -0.393 e. The lowest BCUT2D eigenvalue weighted by molar-refractivity contribution is 0.0367. The summed E-state index contributed by atoms with van der Waals surface area (Å²) in [6, 6.07) is 0. The van der Waals surface area contributed by atoms with Crippen LogP contribution in [0.5, 0.6) is 0 Å². The zero-order chi connectivity index (χ0) is 11.5. The van der Waals surface area contributed by atoms with Crippen LogP contribution in [0.4, 0.5) is 0 Å². The summed E-state index contributed by atoms with van der Waals surface area (Å²) in [7, 11) is 0. The largest absolute Gasteiger partial charge is 0.393 e. The van der Waals surface area contributed by atoms with Gasteiger partial charge in [-0.2, -0.15) is 0 Å². The Labute approximate surface area is 95.3 Å². The van der Waals surface area contributed by atoms with Crippen LogP contribution in [0.3, 0.4) is 0 Å². The van der Waals surface area contributed by atoms with Gasteiger partial charge < -0.3 is 5.11 Å². The average Bonchev–Trinajstić information content (AvgIpc) is 2.15. The molecule has 1 fully saturated rings. The summed E-state index contributed by atoms with van der Waals surface area (Å²) in [4.78, 5) is 0. The van der Waals surface area contributed by atoms with E-state index in [0.29, 0.717) is 5.92 Å². The molecule has 1 rings (SSSR count). The summed E-state index contributed by atoms with van der Waals surface area (Å²) < 4.78 is 0. The summed E-state index contributed by atoms with van der Waals surface area (Å²) >= 11 is 0. The van der Waals surface area contributed by atoms with Gasteiger partial charge in [-0.1, -0.05) is 47.0 Å². The zero-order valence-electron chi connectivity index (χ0n) is 10.9. The Morgan fingerprint density at radius 1 is 1.27 bits per heavy atom. The van der Waals surface area contributed by atoms with Gasteiger partial charge >= 0.3 is 0 Å². The molecule has 0 spiro atoms. The van der Waals surface area contributed by atoms with Crippen molar-refractivity contribution in [1.82, 2.24) is 0 Å². The SMILES string of the molecule is CCC1CCCC(C(O)CC(C)(C)C)C1. The van der Waals surface area contributed by atoms with Gasteiger partial charge in [-0.05, 0) is 36.5 Å². The summed E-state index contributed by atoms with van der Waals surface area (Å²) in [5, 5.41) is 10.2. The van der Waals surface area contributed by atoms with Gasteiger partial charge in [0, 0.05) is 0 Å². The monoisotopic (exact) mass is 212 g/mol. The lowest BCUT2D eigenvalue weighted by Crippen LogP contribution is -2.30. The Hall–Kier alpha value is -0.0400. The highest BCUT2D eigenvalue weighted by molar-refractivity contribution is 4.80. The van der Waals surface area contributed by atoms with Crippen molar-refractivity contribution in [2.45, 2.75) is 72.3 Å². The van der Waals surface area contributed by atoms with Crippen molar-refractivity contribution in [2.75, 3.05) is 0 Å². The first-order valence-corrected chi connectivity index (χ1v) is 6.60. The predicted molar refractivity (Wildman–Crippen MR) is 65.8 cm³/mol. The molecule has 3 unspecified atom stereocenters. The second kappa shape index (κ2) is 5.34. The van der Waals surface area contributed by atoms with Crippen LogP contribution in [0.25, 0.3) is 0 Å². The molecular formula is C14H28O. The third-order valence-corrected chi connectivity index (χ3v) is 3.77. The van der Waals surface area contributed by atoms with Crippen LogP contribution in [0.1, 0.15) is 66.2 Å². The molecule has 0 aromatic heterocycles. The van der Waals surface area contributed by atoms with Gasteiger partial charge in [-0.15, -0.1) is 0 Å². The van der Waals surface area contributed by atoms with Gasteiger partial charge in [-0.3, -0.25) is 0 Å². The van der Waals surface area contributed by atoms with Gasteiger partial charge in [-0.25, -0.2) is 0 Å². The molecule has 0 aromatic rings. The van der Waals surface area contributed by atoms with Crippen LogP contribution >= 0.6 is 0 Å². The summed E-state index contributed by atoms with van der Waals surface area (Å²) in [6.07, 6.45) is 7.38. The molecule has 0 amide bonds. The molecule has 0 aromatic carbocycles. The minimum absolute atomic E-state index is 0.0700. The van der Waals surface area contributed by atoms with Crippen LogP contribution in [-0.4, -0.2) is 11.2 Å². The van der Waals surface area contributed by atoms with E-state index in [4.69, 9.17) is 0 Å². The fraction of sp³-hybridized carbons (Fsp3) is 1.00. The molecule has 1 N–H and O–H groups in total. The fourth-order valence-electron chi connectivity index (χ4n) is 2.85. The highest BCUT2D eigenvalue weighted by atomic mass is 16.3. The number of aliphatic hydroxyl groups excluding tert-OH is 1. The highest BCUT2D eigenvalue weighted by Crippen LogP contribution is 2.36. The average molecular weight is 212 g/mol. The highest BCUT2D eigenvalue weighted by Gasteiger charge is 2.29. The summed E-state index contributed by atoms with van der Waals surface area (Å²) in [6.45, 7) is 8.94. The molecule has 1 nitrogen and oxygen atoms in total. The van der Waals surface area contributed by atoms with Crippen LogP contribution in [0.15, 0.2) is 0 Å². The molecule has 15 heavy (non-hydrogen) atoms. The maximum atomic E-state index is 10.2. The van der Waals surface area contributed by atoms with E-state index in [1.807, 2.05) is 0 Å². The van der Waals surface area contributed by atoms with Gasteiger partial charge in [0.15, 0.2) is 0 Å². The Kier molecular flexibility index (Phi) is 4.64. The Morgan fingerprint density at radius 3 is 2.47 bits per heavy atom. The molecule has 0 heterocycles. The first-order chi connectivity index (χ1) is 6.92. The minimum atomic E-state index is -0.0700. The van der Waals surface area contributed by atoms with E-state index in [9.17, 15) is 5.11 Å². The molecule has 1 aliphatic rings. The van der Waals surface area contributed by atoms with E-state index >= 15 is 0 Å². The van der Waals surface area contributed by atoms with E-state index in [-0.39, 0.29) is 11.5 Å². The Morgan fingerprint density at radius 2 is 1.93 bits per heavy atom. The van der Waals surface area contributed by atoms with E-state index in [2.05, 4.69) is 27.7 Å². The molecule has 90 valence electrons. The van der Waals surface area contributed by atoms with Crippen molar-refractivity contribution in [3.63, 3.8) is 0 Å². The summed E-state index contributed by atoms with van der Waals surface area (Å²) in [5.74, 6) is 1.45. The van der Waals surface area contributed by atoms with E-state index < -0.39 is 0 Å². The molecule has 1 saturated carbocycles. The zero-order valence-corrected chi connectivity index (χ0v) is 10.9. The normalized spacial score (nSPS) is 30.2. The number of hydrogen-bond donors (Lipinski definition) is 1. The van der Waals surface area contributed by atoms with Crippen LogP contribution < -0.4 is 0 Å². The van der Waals surface area contributed by atoms with E-state index in [1.165, 1.54) is 32.1 Å². The van der Waals surface area contributed by atoms with Gasteiger partial charge in [0.1, 0.15) is 0 Å².